The summed E-state index contributed by atoms with van der Waals surface area (Å²) in [6.45, 7) is 2.21. The molecule has 0 aromatic heterocycles. The van der Waals surface area contributed by atoms with Crippen LogP contribution in [-0.2, 0) is 0 Å². The summed E-state index contributed by atoms with van der Waals surface area (Å²) >= 11 is 0. The molecule has 1 amide bonds. The van der Waals surface area contributed by atoms with Gasteiger partial charge in [0.1, 0.15) is 0 Å². The molecule has 78 valence electrons. The highest BCUT2D eigenvalue weighted by Gasteiger charge is 2.18. The van der Waals surface area contributed by atoms with E-state index >= 15 is 0 Å². The predicted octanol–water partition coefficient (Wildman–Crippen LogP) is 1.05. The van der Waals surface area contributed by atoms with Gasteiger partial charge < -0.3 is 10.2 Å². The average molecular weight is 204 g/mol. The third-order valence-corrected chi connectivity index (χ3v) is 3.39. The monoisotopic (exact) mass is 204 g/mol. The quantitative estimate of drug-likeness (QED) is 0.626. The number of nitrogens with one attached hydrogen (secondary N) is 1. The van der Waals surface area contributed by atoms with Crippen molar-refractivity contribution in [3.63, 3.8) is 0 Å². The van der Waals surface area contributed by atoms with Crippen molar-refractivity contribution in [2.45, 2.75) is 18.9 Å². The molecule has 1 N–H and O–H groups in total. The van der Waals surface area contributed by atoms with Crippen LogP contribution in [0.15, 0.2) is 0 Å². The van der Waals surface area contributed by atoms with Crippen LogP contribution in [0.3, 0.4) is 0 Å². The summed E-state index contributed by atoms with van der Waals surface area (Å²) in [4.78, 5) is 13.7. The molecule has 0 saturated carbocycles. The number of nitrogens with zero attached hydrogens (tertiary/aromatic N) is 1. The number of likely N-dealkylation sites (tertiary alicyclic amines) is 1. The van der Waals surface area contributed by atoms with Crippen molar-refractivity contribution in [1.29, 1.82) is 0 Å². The van der Waals surface area contributed by atoms with E-state index in [1.807, 2.05) is 12.5 Å². The minimum atomic E-state index is -0.461. The van der Waals surface area contributed by atoms with Crippen LogP contribution in [0.1, 0.15) is 12.8 Å². The zero-order valence-electron chi connectivity index (χ0n) is 8.71. The number of hydrogen-bond acceptors (Lipinski definition) is 2. The van der Waals surface area contributed by atoms with Gasteiger partial charge in [-0.2, -0.15) is 10.9 Å². The third kappa shape index (κ3) is 3.56. The van der Waals surface area contributed by atoms with Crippen molar-refractivity contribution in [1.82, 2.24) is 10.2 Å². The van der Waals surface area contributed by atoms with Crippen LogP contribution in [0.4, 0.5) is 4.79 Å². The molecule has 1 heterocycles. The third-order valence-electron chi connectivity index (χ3n) is 2.45. The van der Waals surface area contributed by atoms with Crippen LogP contribution in [-0.4, -0.2) is 48.8 Å². The Kier molecular flexibility index (Phi) is 4.06. The number of carbonyl (C=O) groups excluding carboxylic acids is 1. The van der Waals surface area contributed by atoms with Crippen LogP contribution in [0.25, 0.3) is 0 Å². The molecule has 13 heavy (non-hydrogen) atoms. The molecule has 0 radical (unpaired) electrons. The summed E-state index contributed by atoms with van der Waals surface area (Å²) in [5.74, 6) is 0. The van der Waals surface area contributed by atoms with Crippen LogP contribution in [0.2, 0.25) is 0 Å². The molecular formula is C9H20N2OS. The van der Waals surface area contributed by atoms with Crippen LogP contribution in [0, 0.1) is 0 Å². The Hall–Kier alpha value is -0.220. The van der Waals surface area contributed by atoms with Gasteiger partial charge in [-0.1, -0.05) is 0 Å². The first-order valence-corrected chi connectivity index (χ1v) is 6.99. The highest BCUT2D eigenvalue weighted by Crippen LogP contribution is 2.16. The van der Waals surface area contributed by atoms with Gasteiger partial charge in [-0.15, -0.1) is 0 Å². The molecule has 0 spiro atoms. The molecule has 1 saturated heterocycles. The molecule has 3 nitrogen and oxygen atoms in total. The minimum absolute atomic E-state index is 0.254. The van der Waals surface area contributed by atoms with E-state index in [9.17, 15) is 4.79 Å². The predicted molar refractivity (Wildman–Crippen MR) is 59.9 cm³/mol. The summed E-state index contributed by atoms with van der Waals surface area (Å²) in [5.41, 5.74) is 0. The fourth-order valence-corrected chi connectivity index (χ4v) is 1.90. The zero-order valence-corrected chi connectivity index (χ0v) is 9.60. The van der Waals surface area contributed by atoms with Crippen molar-refractivity contribution in [3.8, 4) is 0 Å². The fraction of sp³-hybridized carbons (Fsp3) is 0.889. The first-order valence-electron chi connectivity index (χ1n) is 4.76. The summed E-state index contributed by atoms with van der Waals surface area (Å²) in [6.07, 6.45) is 6.20. The van der Waals surface area contributed by atoms with Gasteiger partial charge in [-0.3, -0.25) is 4.79 Å². The first kappa shape index (κ1) is 10.9. The molecule has 0 aliphatic carbocycles. The Labute approximate surface area is 83.2 Å². The second-order valence-electron chi connectivity index (χ2n) is 3.92. The average Bonchev–Trinajstić information content (AvgIpc) is 2.08. The topological polar surface area (TPSA) is 32.3 Å². The molecule has 0 aromatic rings. The van der Waals surface area contributed by atoms with Crippen molar-refractivity contribution in [3.05, 3.63) is 0 Å². The smallest absolute Gasteiger partial charge is 0.258 e. The molecule has 0 atom stereocenters. The van der Waals surface area contributed by atoms with Crippen molar-refractivity contribution in [2.75, 3.05) is 32.6 Å². The van der Waals surface area contributed by atoms with E-state index in [4.69, 9.17) is 0 Å². The lowest BCUT2D eigenvalue weighted by Gasteiger charge is -2.30. The fourth-order valence-electron chi connectivity index (χ4n) is 1.46. The molecule has 0 aromatic carbocycles. The molecule has 1 rings (SSSR count). The van der Waals surface area contributed by atoms with E-state index in [0.717, 1.165) is 25.9 Å². The summed E-state index contributed by atoms with van der Waals surface area (Å²) in [7, 11) is 1.67. The maximum absolute atomic E-state index is 11.4. The van der Waals surface area contributed by atoms with Crippen molar-refractivity contribution in [2.24, 2.45) is 0 Å². The van der Waals surface area contributed by atoms with Crippen LogP contribution >= 0.6 is 10.9 Å². The maximum atomic E-state index is 11.4. The Morgan fingerprint density at radius 3 is 2.38 bits per heavy atom. The SMILES string of the molecule is CN1CCC(NC(=O)[SH](C)C)CC1. The van der Waals surface area contributed by atoms with E-state index in [-0.39, 0.29) is 5.24 Å². The lowest BCUT2D eigenvalue weighted by Crippen LogP contribution is -2.42. The normalized spacial score (nSPS) is 21.3. The molecule has 1 fully saturated rings. The number of hydrogen-bond donors (Lipinski definition) is 2. The molecular weight excluding hydrogens is 184 g/mol. The summed E-state index contributed by atoms with van der Waals surface area (Å²) in [6, 6.07) is 0.425. The number of piperidine rings is 1. The van der Waals surface area contributed by atoms with E-state index in [1.165, 1.54) is 0 Å². The van der Waals surface area contributed by atoms with Crippen LogP contribution in [0.5, 0.6) is 0 Å². The van der Waals surface area contributed by atoms with Gasteiger partial charge in [-0.25, -0.2) is 0 Å². The lowest BCUT2D eigenvalue weighted by molar-refractivity contribution is 0.226. The van der Waals surface area contributed by atoms with Crippen molar-refractivity contribution < 1.29 is 4.79 Å². The Morgan fingerprint density at radius 2 is 1.92 bits per heavy atom. The number of amides is 1. The number of rotatable bonds is 1. The van der Waals surface area contributed by atoms with Crippen molar-refractivity contribution >= 4 is 16.1 Å². The van der Waals surface area contributed by atoms with Gasteiger partial charge >= 0.3 is 0 Å². The second-order valence-corrected chi connectivity index (χ2v) is 6.12. The summed E-state index contributed by atoms with van der Waals surface area (Å²) < 4.78 is 0. The first-order chi connectivity index (χ1) is 6.09. The molecule has 4 heteroatoms. The van der Waals surface area contributed by atoms with E-state index in [2.05, 4.69) is 17.3 Å². The Bertz CT molecular complexity index is 176. The summed E-state index contributed by atoms with van der Waals surface area (Å²) in [5, 5.41) is 3.36. The van der Waals surface area contributed by atoms with E-state index < -0.39 is 10.9 Å². The number of thiol groups is 1. The standard InChI is InChI=1S/C9H20N2OS/c1-11-6-4-8(5-7-11)10-9(12)13(2)3/h8,13H,4-7H2,1-3H3,(H,10,12). The highest BCUT2D eigenvalue weighted by molar-refractivity contribution is 8.28. The van der Waals surface area contributed by atoms with E-state index in [0.29, 0.717) is 6.04 Å². The van der Waals surface area contributed by atoms with Gasteiger partial charge in [0.25, 0.3) is 5.24 Å². The largest absolute Gasteiger partial charge is 0.346 e. The second kappa shape index (κ2) is 4.86. The van der Waals surface area contributed by atoms with E-state index in [1.54, 1.807) is 0 Å². The Balaban J connectivity index is 2.26. The lowest BCUT2D eigenvalue weighted by atomic mass is 10.1. The van der Waals surface area contributed by atoms with Gasteiger partial charge in [0.05, 0.1) is 0 Å². The molecule has 0 unspecified atom stereocenters. The Morgan fingerprint density at radius 1 is 1.38 bits per heavy atom. The van der Waals surface area contributed by atoms with Gasteiger partial charge in [0, 0.05) is 6.04 Å². The van der Waals surface area contributed by atoms with Gasteiger partial charge in [0.2, 0.25) is 0 Å². The number of carbonyl (C=O) groups is 1. The van der Waals surface area contributed by atoms with Gasteiger partial charge in [0.15, 0.2) is 0 Å². The maximum Gasteiger partial charge on any atom is 0.258 e. The molecule has 1 aliphatic rings. The zero-order chi connectivity index (χ0) is 9.84. The minimum Gasteiger partial charge on any atom is -0.346 e. The van der Waals surface area contributed by atoms with Crippen LogP contribution < -0.4 is 5.32 Å². The van der Waals surface area contributed by atoms with Gasteiger partial charge in [-0.05, 0) is 45.5 Å². The molecule has 1 aliphatic heterocycles. The molecule has 0 bridgehead atoms. The highest BCUT2D eigenvalue weighted by atomic mass is 32.2.